The van der Waals surface area contributed by atoms with Crippen LogP contribution in [0.15, 0.2) is 48.5 Å². The van der Waals surface area contributed by atoms with Gasteiger partial charge >= 0.3 is 11.9 Å². The van der Waals surface area contributed by atoms with Crippen molar-refractivity contribution in [1.82, 2.24) is 4.90 Å². The fraction of sp³-hybridized carbons (Fsp3) is 0.417. The van der Waals surface area contributed by atoms with E-state index in [4.69, 9.17) is 4.74 Å². The van der Waals surface area contributed by atoms with Crippen molar-refractivity contribution in [3.05, 3.63) is 59.7 Å². The van der Waals surface area contributed by atoms with E-state index < -0.39 is 23.0 Å². The zero-order chi connectivity index (χ0) is 20.8. The second-order valence-corrected chi connectivity index (χ2v) is 8.92. The van der Waals surface area contributed by atoms with Crippen molar-refractivity contribution in [1.29, 1.82) is 0 Å². The number of likely N-dealkylation sites (tertiary alicyclic amines) is 1. The van der Waals surface area contributed by atoms with Gasteiger partial charge in [0.1, 0.15) is 6.61 Å². The molecule has 2 aliphatic rings. The molecule has 1 saturated heterocycles. The Hall–Kier alpha value is -2.66. The molecule has 1 aliphatic carbocycles. The third-order valence-corrected chi connectivity index (χ3v) is 6.23. The van der Waals surface area contributed by atoms with E-state index in [0.717, 1.165) is 22.3 Å². The molecule has 0 spiro atoms. The molecule has 0 saturated carbocycles. The molecule has 1 aliphatic heterocycles. The van der Waals surface area contributed by atoms with Crippen molar-refractivity contribution in [3.8, 4) is 11.1 Å². The Labute approximate surface area is 171 Å². The number of carbonyl (C=O) groups excluding carboxylic acids is 1. The number of fused-ring (bicyclic) bond motifs is 3. The number of rotatable bonds is 4. The number of aliphatic carboxylic acids is 1. The smallest absolute Gasteiger partial charge is 0.338 e. The first-order valence-corrected chi connectivity index (χ1v) is 10.1. The van der Waals surface area contributed by atoms with Crippen molar-refractivity contribution < 1.29 is 19.4 Å². The molecule has 0 aromatic heterocycles. The summed E-state index contributed by atoms with van der Waals surface area (Å²) >= 11 is 0. The van der Waals surface area contributed by atoms with Gasteiger partial charge < -0.3 is 9.84 Å². The van der Waals surface area contributed by atoms with Crippen molar-refractivity contribution in [3.63, 3.8) is 0 Å². The summed E-state index contributed by atoms with van der Waals surface area (Å²) in [4.78, 5) is 27.3. The summed E-state index contributed by atoms with van der Waals surface area (Å²) in [6.07, 6.45) is 0.935. The van der Waals surface area contributed by atoms with Crippen LogP contribution in [-0.4, -0.2) is 46.2 Å². The number of hydrogen-bond acceptors (Lipinski definition) is 4. The Morgan fingerprint density at radius 1 is 1.07 bits per heavy atom. The molecule has 1 N–H and O–H groups in total. The van der Waals surface area contributed by atoms with Crippen LogP contribution in [-0.2, 0) is 14.3 Å². The quantitative estimate of drug-likeness (QED) is 0.627. The van der Waals surface area contributed by atoms with Crippen molar-refractivity contribution >= 4 is 11.9 Å². The summed E-state index contributed by atoms with van der Waals surface area (Å²) in [6.45, 7) is 6.52. The van der Waals surface area contributed by atoms with Crippen LogP contribution in [0, 0.1) is 0 Å². The van der Waals surface area contributed by atoms with Gasteiger partial charge in [0, 0.05) is 18.0 Å². The highest BCUT2D eigenvalue weighted by atomic mass is 16.5. The van der Waals surface area contributed by atoms with E-state index in [1.54, 1.807) is 4.90 Å². The number of carboxylic acid groups (broad SMARTS) is 1. The van der Waals surface area contributed by atoms with Gasteiger partial charge in [-0.2, -0.15) is 0 Å². The molecule has 1 heterocycles. The second kappa shape index (κ2) is 6.99. The minimum atomic E-state index is -1.62. The number of ether oxygens (including phenoxy) is 1. The highest BCUT2D eigenvalue weighted by Gasteiger charge is 2.58. The topological polar surface area (TPSA) is 66.8 Å². The van der Waals surface area contributed by atoms with E-state index in [9.17, 15) is 14.7 Å². The van der Waals surface area contributed by atoms with Gasteiger partial charge in [0.25, 0.3) is 0 Å². The van der Waals surface area contributed by atoms with E-state index in [-0.39, 0.29) is 18.9 Å². The maximum absolute atomic E-state index is 13.2. The minimum absolute atomic E-state index is 0.0818. The first-order chi connectivity index (χ1) is 13.8. The van der Waals surface area contributed by atoms with Gasteiger partial charge in [0.2, 0.25) is 5.54 Å². The zero-order valence-corrected chi connectivity index (χ0v) is 17.1. The van der Waals surface area contributed by atoms with Crippen molar-refractivity contribution in [2.75, 3.05) is 13.2 Å². The van der Waals surface area contributed by atoms with E-state index in [1.165, 1.54) is 0 Å². The lowest BCUT2D eigenvalue weighted by Gasteiger charge is -2.41. The van der Waals surface area contributed by atoms with Gasteiger partial charge in [-0.15, -0.1) is 0 Å². The average Bonchev–Trinajstić information content (AvgIpc) is 3.27. The Bertz CT molecular complexity index is 916. The van der Waals surface area contributed by atoms with Crippen LogP contribution in [0.5, 0.6) is 0 Å². The zero-order valence-electron chi connectivity index (χ0n) is 17.1. The number of benzene rings is 2. The summed E-state index contributed by atoms with van der Waals surface area (Å²) < 4.78 is 5.75. The fourth-order valence-corrected chi connectivity index (χ4v) is 4.97. The SMILES string of the molecule is CC(C)(C)N1CCC[C@]1(C(=O)O)C(=O)OCC1c2ccccc2-c2ccccc21. The van der Waals surface area contributed by atoms with E-state index in [1.807, 2.05) is 45.0 Å². The summed E-state index contributed by atoms with van der Waals surface area (Å²) in [5.41, 5.74) is 2.47. The van der Waals surface area contributed by atoms with E-state index in [0.29, 0.717) is 13.0 Å². The molecule has 2 aromatic rings. The van der Waals surface area contributed by atoms with Gasteiger partial charge in [-0.05, 0) is 55.9 Å². The summed E-state index contributed by atoms with van der Waals surface area (Å²) in [6, 6.07) is 16.2. The van der Waals surface area contributed by atoms with Crippen LogP contribution in [0.1, 0.15) is 50.7 Å². The van der Waals surface area contributed by atoms with Crippen LogP contribution >= 0.6 is 0 Å². The molecule has 1 atom stereocenters. The van der Waals surface area contributed by atoms with Crippen molar-refractivity contribution in [2.45, 2.75) is 50.6 Å². The number of nitrogens with zero attached hydrogens (tertiary/aromatic N) is 1. The number of carbonyl (C=O) groups is 2. The first kappa shape index (κ1) is 19.6. The highest BCUT2D eigenvalue weighted by molar-refractivity contribution is 6.04. The summed E-state index contributed by atoms with van der Waals surface area (Å²) in [7, 11) is 0. The van der Waals surface area contributed by atoms with Gasteiger partial charge in [-0.3, -0.25) is 4.90 Å². The fourth-order valence-electron chi connectivity index (χ4n) is 4.97. The van der Waals surface area contributed by atoms with Crippen LogP contribution in [0.4, 0.5) is 0 Å². The van der Waals surface area contributed by atoms with Crippen LogP contribution < -0.4 is 0 Å². The van der Waals surface area contributed by atoms with Crippen molar-refractivity contribution in [2.24, 2.45) is 0 Å². The average molecular weight is 393 g/mol. The van der Waals surface area contributed by atoms with Gasteiger partial charge in [0.15, 0.2) is 0 Å². The maximum atomic E-state index is 13.2. The third-order valence-electron chi connectivity index (χ3n) is 6.23. The molecule has 4 rings (SSSR count). The van der Waals surface area contributed by atoms with Crippen LogP contribution in [0.2, 0.25) is 0 Å². The highest BCUT2D eigenvalue weighted by Crippen LogP contribution is 2.45. The third kappa shape index (κ3) is 3.04. The molecule has 1 fully saturated rings. The Morgan fingerprint density at radius 3 is 2.14 bits per heavy atom. The molecule has 29 heavy (non-hydrogen) atoms. The van der Waals surface area contributed by atoms with Gasteiger partial charge in [-0.25, -0.2) is 9.59 Å². The Balaban J connectivity index is 1.62. The lowest BCUT2D eigenvalue weighted by atomic mass is 9.91. The molecule has 0 unspecified atom stereocenters. The molecule has 2 aromatic carbocycles. The molecule has 5 nitrogen and oxygen atoms in total. The summed E-state index contributed by atoms with van der Waals surface area (Å²) in [5, 5.41) is 10.0. The summed E-state index contributed by atoms with van der Waals surface area (Å²) in [5.74, 6) is -1.86. The molecule has 152 valence electrons. The molecule has 0 radical (unpaired) electrons. The lowest BCUT2D eigenvalue weighted by Crippen LogP contribution is -2.62. The number of carboxylic acids is 1. The predicted molar refractivity (Wildman–Crippen MR) is 111 cm³/mol. The Kier molecular flexibility index (Phi) is 4.74. The molecular weight excluding hydrogens is 366 g/mol. The predicted octanol–water partition coefficient (Wildman–Crippen LogP) is 4.06. The number of hydrogen-bond donors (Lipinski definition) is 1. The van der Waals surface area contributed by atoms with Crippen LogP contribution in [0.3, 0.4) is 0 Å². The molecule has 5 heteroatoms. The lowest BCUT2D eigenvalue weighted by molar-refractivity contribution is -0.173. The Morgan fingerprint density at radius 2 is 1.62 bits per heavy atom. The largest absolute Gasteiger partial charge is 0.479 e. The number of esters is 1. The molecule has 0 bridgehead atoms. The standard InChI is InChI=1S/C24H27NO4/c1-23(2,3)25-14-8-13-24(25,21(26)27)22(28)29-15-20-18-11-6-4-9-16(18)17-10-5-7-12-19(17)20/h4-7,9-12,20H,8,13-15H2,1-3H3,(H,26,27)/t24-/m0/s1. The van der Waals surface area contributed by atoms with E-state index >= 15 is 0 Å². The van der Waals surface area contributed by atoms with E-state index in [2.05, 4.69) is 24.3 Å². The monoisotopic (exact) mass is 393 g/mol. The molecule has 0 amide bonds. The maximum Gasteiger partial charge on any atom is 0.338 e. The second-order valence-electron chi connectivity index (χ2n) is 8.92. The normalized spacial score (nSPS) is 21.6. The van der Waals surface area contributed by atoms with Gasteiger partial charge in [-0.1, -0.05) is 48.5 Å². The first-order valence-electron chi connectivity index (χ1n) is 10.1. The molecular formula is C24H27NO4. The van der Waals surface area contributed by atoms with Crippen LogP contribution in [0.25, 0.3) is 11.1 Å². The minimum Gasteiger partial charge on any atom is -0.479 e. The van der Waals surface area contributed by atoms with Gasteiger partial charge in [0.05, 0.1) is 0 Å².